The molecule has 0 aromatic carbocycles. The van der Waals surface area contributed by atoms with Crippen LogP contribution in [0.25, 0.3) is 0 Å². The summed E-state index contributed by atoms with van der Waals surface area (Å²) in [5.74, 6) is 0.213. The highest BCUT2D eigenvalue weighted by Crippen LogP contribution is 2.32. The minimum Gasteiger partial charge on any atom is -0.338 e. The molecule has 3 rings (SSSR count). The molecule has 0 unspecified atom stereocenters. The van der Waals surface area contributed by atoms with Crippen molar-refractivity contribution < 1.29 is 4.79 Å². The van der Waals surface area contributed by atoms with Gasteiger partial charge < -0.3 is 4.90 Å². The van der Waals surface area contributed by atoms with Crippen LogP contribution in [0.3, 0.4) is 0 Å². The molecule has 0 spiro atoms. The van der Waals surface area contributed by atoms with Crippen molar-refractivity contribution in [3.05, 3.63) is 16.4 Å². The molecular formula is C16H25ClN4O. The van der Waals surface area contributed by atoms with Crippen LogP contribution >= 0.6 is 11.6 Å². The molecule has 0 saturated carbocycles. The van der Waals surface area contributed by atoms with E-state index in [9.17, 15) is 4.79 Å². The normalized spacial score (nSPS) is 26.1. The fraction of sp³-hybridized carbons (Fsp3) is 0.750. The highest BCUT2D eigenvalue weighted by molar-refractivity contribution is 6.30. The molecule has 5 nitrogen and oxygen atoms in total. The number of hydrogen-bond acceptors (Lipinski definition) is 3. The largest absolute Gasteiger partial charge is 0.338 e. The van der Waals surface area contributed by atoms with Crippen molar-refractivity contribution in [3.63, 3.8) is 0 Å². The average molecular weight is 325 g/mol. The maximum absolute atomic E-state index is 11.9. The van der Waals surface area contributed by atoms with Gasteiger partial charge >= 0.3 is 0 Å². The predicted molar refractivity (Wildman–Crippen MR) is 86.8 cm³/mol. The molecule has 2 atom stereocenters. The van der Waals surface area contributed by atoms with E-state index in [1.165, 1.54) is 12.8 Å². The Kier molecular flexibility index (Phi) is 4.46. The summed E-state index contributed by atoms with van der Waals surface area (Å²) in [4.78, 5) is 16.4. The number of nitrogens with zero attached hydrogens (tertiary/aromatic N) is 4. The summed E-state index contributed by atoms with van der Waals surface area (Å²) < 4.78 is 1.74. The lowest BCUT2D eigenvalue weighted by Crippen LogP contribution is -2.47. The highest BCUT2D eigenvalue weighted by Gasteiger charge is 2.39. The molecule has 6 heteroatoms. The molecule has 0 radical (unpaired) electrons. The number of halogens is 1. The number of aryl methyl sites for hydroxylation is 2. The summed E-state index contributed by atoms with van der Waals surface area (Å²) in [6.07, 6.45) is 4.62. The van der Waals surface area contributed by atoms with Gasteiger partial charge in [0.05, 0.1) is 5.69 Å². The average Bonchev–Trinajstić information content (AvgIpc) is 3.15. The second kappa shape index (κ2) is 6.20. The van der Waals surface area contributed by atoms with Gasteiger partial charge in [0.25, 0.3) is 0 Å². The van der Waals surface area contributed by atoms with E-state index in [4.69, 9.17) is 11.6 Å². The van der Waals surface area contributed by atoms with Gasteiger partial charge in [0.15, 0.2) is 0 Å². The van der Waals surface area contributed by atoms with E-state index in [-0.39, 0.29) is 5.91 Å². The summed E-state index contributed by atoms with van der Waals surface area (Å²) in [5.41, 5.74) is 2.14. The van der Waals surface area contributed by atoms with Gasteiger partial charge in [-0.25, -0.2) is 0 Å². The SMILES string of the molecule is CC(=O)N1CCC[C@@H]1[C@@H]1CCCN1Cc1c(C)nn(C)c1Cl. The van der Waals surface area contributed by atoms with Crippen molar-refractivity contribution in [2.24, 2.45) is 7.05 Å². The van der Waals surface area contributed by atoms with Gasteiger partial charge in [0.2, 0.25) is 5.91 Å². The second-order valence-corrected chi connectivity index (χ2v) is 6.94. The molecule has 0 bridgehead atoms. The molecule has 2 saturated heterocycles. The molecule has 1 amide bonds. The number of hydrogen-bond donors (Lipinski definition) is 0. The topological polar surface area (TPSA) is 41.4 Å². The molecular weight excluding hydrogens is 300 g/mol. The number of amides is 1. The van der Waals surface area contributed by atoms with Gasteiger partial charge in [-0.2, -0.15) is 5.10 Å². The molecule has 0 aliphatic carbocycles. The zero-order chi connectivity index (χ0) is 15.9. The summed E-state index contributed by atoms with van der Waals surface area (Å²) in [5, 5.41) is 5.15. The quantitative estimate of drug-likeness (QED) is 0.857. The van der Waals surface area contributed by atoms with Crippen LogP contribution in [0.2, 0.25) is 5.15 Å². The van der Waals surface area contributed by atoms with Crippen LogP contribution in [-0.2, 0) is 18.4 Å². The highest BCUT2D eigenvalue weighted by atomic mass is 35.5. The van der Waals surface area contributed by atoms with E-state index in [1.807, 2.05) is 14.0 Å². The Hall–Kier alpha value is -1.07. The molecule has 2 aliphatic rings. The number of aromatic nitrogens is 2. The lowest BCUT2D eigenvalue weighted by Gasteiger charge is -2.34. The molecule has 1 aromatic heterocycles. The Bertz CT molecular complexity index is 571. The Morgan fingerprint density at radius 1 is 1.27 bits per heavy atom. The second-order valence-electron chi connectivity index (χ2n) is 6.58. The molecule has 1 aromatic rings. The number of rotatable bonds is 3. The zero-order valence-corrected chi connectivity index (χ0v) is 14.4. The van der Waals surface area contributed by atoms with Crippen molar-refractivity contribution in [1.82, 2.24) is 19.6 Å². The van der Waals surface area contributed by atoms with E-state index in [1.54, 1.807) is 11.6 Å². The van der Waals surface area contributed by atoms with Gasteiger partial charge in [-0.05, 0) is 39.2 Å². The lowest BCUT2D eigenvalue weighted by molar-refractivity contribution is -0.130. The van der Waals surface area contributed by atoms with Crippen LogP contribution in [0, 0.1) is 6.92 Å². The van der Waals surface area contributed by atoms with Crippen LogP contribution < -0.4 is 0 Å². The van der Waals surface area contributed by atoms with E-state index >= 15 is 0 Å². The Morgan fingerprint density at radius 3 is 2.59 bits per heavy atom. The van der Waals surface area contributed by atoms with Crippen molar-refractivity contribution in [3.8, 4) is 0 Å². The van der Waals surface area contributed by atoms with Gasteiger partial charge in [-0.1, -0.05) is 11.6 Å². The van der Waals surface area contributed by atoms with Crippen molar-refractivity contribution >= 4 is 17.5 Å². The lowest BCUT2D eigenvalue weighted by atomic mass is 10.0. The number of carbonyl (C=O) groups excluding carboxylic acids is 1. The van der Waals surface area contributed by atoms with Crippen molar-refractivity contribution in [1.29, 1.82) is 0 Å². The minimum absolute atomic E-state index is 0.213. The first-order valence-corrected chi connectivity index (χ1v) is 8.56. The summed E-state index contributed by atoms with van der Waals surface area (Å²) in [7, 11) is 1.88. The molecule has 0 N–H and O–H groups in total. The van der Waals surface area contributed by atoms with Crippen LogP contribution in [0.1, 0.15) is 43.9 Å². The van der Waals surface area contributed by atoms with Gasteiger partial charge in [-0.15, -0.1) is 0 Å². The van der Waals surface area contributed by atoms with E-state index < -0.39 is 0 Å². The Morgan fingerprint density at radius 2 is 1.95 bits per heavy atom. The first kappa shape index (κ1) is 15.8. The van der Waals surface area contributed by atoms with Crippen LogP contribution in [-0.4, -0.2) is 50.7 Å². The van der Waals surface area contributed by atoms with Gasteiger partial charge in [0.1, 0.15) is 5.15 Å². The Labute approximate surface area is 137 Å². The summed E-state index contributed by atoms with van der Waals surface area (Å²) in [6.45, 7) is 6.55. The molecule has 122 valence electrons. The van der Waals surface area contributed by atoms with Crippen LogP contribution in [0.15, 0.2) is 0 Å². The number of carbonyl (C=O) groups is 1. The smallest absolute Gasteiger partial charge is 0.219 e. The zero-order valence-electron chi connectivity index (χ0n) is 13.7. The standard InChI is InChI=1S/C16H25ClN4O/c1-11-13(16(17)19(3)18-11)10-20-8-4-6-14(20)15-7-5-9-21(15)12(2)22/h14-15H,4-10H2,1-3H3/t14-,15+/m0/s1. The summed E-state index contributed by atoms with van der Waals surface area (Å²) in [6, 6.07) is 0.831. The maximum Gasteiger partial charge on any atom is 0.219 e. The first-order chi connectivity index (χ1) is 10.5. The van der Waals surface area contributed by atoms with E-state index in [2.05, 4.69) is 14.9 Å². The van der Waals surface area contributed by atoms with Gasteiger partial charge in [-0.3, -0.25) is 14.4 Å². The molecule has 2 aliphatic heterocycles. The predicted octanol–water partition coefficient (Wildman–Crippen LogP) is 2.36. The minimum atomic E-state index is 0.213. The Balaban J connectivity index is 1.77. The molecule has 2 fully saturated rings. The van der Waals surface area contributed by atoms with Gasteiger partial charge in [0, 0.05) is 44.7 Å². The monoisotopic (exact) mass is 324 g/mol. The molecule has 22 heavy (non-hydrogen) atoms. The van der Waals surface area contributed by atoms with E-state index in [0.29, 0.717) is 12.1 Å². The van der Waals surface area contributed by atoms with Crippen molar-refractivity contribution in [2.45, 2.75) is 58.2 Å². The van der Waals surface area contributed by atoms with Crippen LogP contribution in [0.5, 0.6) is 0 Å². The van der Waals surface area contributed by atoms with E-state index in [0.717, 1.165) is 48.9 Å². The fourth-order valence-electron chi connectivity index (χ4n) is 4.12. The summed E-state index contributed by atoms with van der Waals surface area (Å²) >= 11 is 6.39. The third-order valence-corrected chi connectivity index (χ3v) is 5.67. The third-order valence-electron chi connectivity index (χ3n) is 5.19. The van der Waals surface area contributed by atoms with Crippen molar-refractivity contribution in [2.75, 3.05) is 13.1 Å². The maximum atomic E-state index is 11.9. The fourth-order valence-corrected chi connectivity index (χ4v) is 4.36. The first-order valence-electron chi connectivity index (χ1n) is 8.18. The number of likely N-dealkylation sites (tertiary alicyclic amines) is 2. The third kappa shape index (κ3) is 2.76. The molecule has 3 heterocycles. The van der Waals surface area contributed by atoms with Crippen LogP contribution in [0.4, 0.5) is 0 Å².